The van der Waals surface area contributed by atoms with Crippen LogP contribution in [0.2, 0.25) is 0 Å². The summed E-state index contributed by atoms with van der Waals surface area (Å²) < 4.78 is 5.62. The number of nitrogens with zero attached hydrogens (tertiary/aromatic N) is 1. The Hall–Kier alpha value is -2.25. The van der Waals surface area contributed by atoms with E-state index in [0.29, 0.717) is 0 Å². The molecule has 6 heteroatoms. The van der Waals surface area contributed by atoms with Gasteiger partial charge in [0.2, 0.25) is 0 Å². The molecule has 0 atom stereocenters. The predicted octanol–water partition coefficient (Wildman–Crippen LogP) is 5.51. The molecule has 3 N–H and O–H groups in total. The normalized spacial score (nSPS) is 13.2. The van der Waals surface area contributed by atoms with Crippen LogP contribution in [0, 0.1) is 0 Å². The van der Waals surface area contributed by atoms with E-state index in [1.807, 2.05) is 97.1 Å². The van der Waals surface area contributed by atoms with E-state index < -0.39 is 13.5 Å². The van der Waals surface area contributed by atoms with Crippen molar-refractivity contribution in [3.05, 3.63) is 121 Å². The quantitative estimate of drug-likeness (QED) is 0.343. The Balaban J connectivity index is 2.17. The molecule has 0 unspecified atom stereocenters. The molecule has 4 aromatic carbocycles. The van der Waals surface area contributed by atoms with Crippen molar-refractivity contribution >= 4 is 45.9 Å². The van der Waals surface area contributed by atoms with Gasteiger partial charge in [0.15, 0.2) is 0 Å². The number of halogens is 1. The van der Waals surface area contributed by atoms with Crippen molar-refractivity contribution in [2.45, 2.75) is 6.92 Å². The first-order chi connectivity index (χ1) is 15.5. The number of nitrogens with one attached hydrogen (secondary N) is 1. The number of benzene rings is 4. The molecule has 0 saturated heterocycles. The standard InChI is InChI=1S/C26H28ClN3P2/c1-2-29-31(23-15-7-3-8-16-23,24-17-9-4-10-18-24)30-32(27,28,25-19-11-5-12-20-25)26-21-13-6-14-22-26/h3-22,29H,2,28H2,1H3. The van der Waals surface area contributed by atoms with Crippen molar-refractivity contribution in [3.63, 3.8) is 0 Å². The summed E-state index contributed by atoms with van der Waals surface area (Å²) in [7, 11) is -2.54. The SMILES string of the molecule is CCNP(=NP(N)(Cl)(c1ccccc1)c1ccccc1)(c1ccccc1)c1ccccc1. The first-order valence-electron chi connectivity index (χ1n) is 10.6. The fourth-order valence-electron chi connectivity index (χ4n) is 3.92. The molecule has 0 heterocycles. The maximum atomic E-state index is 7.69. The molecule has 0 aliphatic heterocycles. The van der Waals surface area contributed by atoms with Gasteiger partial charge in [0.25, 0.3) is 0 Å². The van der Waals surface area contributed by atoms with Crippen LogP contribution >= 0.6 is 24.7 Å². The van der Waals surface area contributed by atoms with Crippen LogP contribution in [0.1, 0.15) is 6.92 Å². The van der Waals surface area contributed by atoms with Crippen LogP contribution in [-0.2, 0) is 0 Å². The summed E-state index contributed by atoms with van der Waals surface area (Å²) >= 11 is 7.69. The van der Waals surface area contributed by atoms with Gasteiger partial charge in [0.05, 0.1) is 0 Å². The molecule has 0 aliphatic carbocycles. The van der Waals surface area contributed by atoms with E-state index in [4.69, 9.17) is 21.3 Å². The molecule has 0 spiro atoms. The molecule has 0 fully saturated rings. The fourth-order valence-corrected chi connectivity index (χ4v) is 13.6. The molecule has 0 saturated carbocycles. The van der Waals surface area contributed by atoms with Crippen molar-refractivity contribution in [2.24, 2.45) is 10.0 Å². The van der Waals surface area contributed by atoms with E-state index in [2.05, 4.69) is 36.3 Å². The number of nitrogens with two attached hydrogens (primary N) is 1. The molecule has 0 aliphatic rings. The van der Waals surface area contributed by atoms with Gasteiger partial charge in [-0.25, -0.2) is 0 Å². The molecular formula is C26H28ClN3P2. The summed E-state index contributed by atoms with van der Waals surface area (Å²) in [5, 5.41) is 7.65. The van der Waals surface area contributed by atoms with Gasteiger partial charge in [0.1, 0.15) is 0 Å². The van der Waals surface area contributed by atoms with Crippen molar-refractivity contribution < 1.29 is 0 Å². The monoisotopic (exact) mass is 479 g/mol. The zero-order valence-corrected chi connectivity index (χ0v) is 20.6. The molecule has 164 valence electrons. The van der Waals surface area contributed by atoms with Crippen LogP contribution in [0.5, 0.6) is 0 Å². The molecular weight excluding hydrogens is 452 g/mol. The van der Waals surface area contributed by atoms with E-state index in [1.54, 1.807) is 0 Å². The van der Waals surface area contributed by atoms with Crippen LogP contribution in [0.15, 0.2) is 126 Å². The van der Waals surface area contributed by atoms with E-state index in [-0.39, 0.29) is 0 Å². The number of hydrogen-bond donors (Lipinski definition) is 2. The van der Waals surface area contributed by atoms with Gasteiger partial charge < -0.3 is 0 Å². The van der Waals surface area contributed by atoms with Gasteiger partial charge in [-0.15, -0.1) is 0 Å². The molecule has 0 amide bonds. The van der Waals surface area contributed by atoms with Crippen molar-refractivity contribution in [3.8, 4) is 0 Å². The minimum atomic E-state index is -3.97. The average Bonchev–Trinajstić information content (AvgIpc) is 2.86. The summed E-state index contributed by atoms with van der Waals surface area (Å²) in [6.07, 6.45) is -3.97. The summed E-state index contributed by atoms with van der Waals surface area (Å²) in [6, 6.07) is 40.6. The van der Waals surface area contributed by atoms with Crippen LogP contribution in [-0.4, -0.2) is 6.54 Å². The molecule has 3 nitrogen and oxygen atoms in total. The van der Waals surface area contributed by atoms with Gasteiger partial charge in [0, 0.05) is 0 Å². The van der Waals surface area contributed by atoms with E-state index in [9.17, 15) is 0 Å². The van der Waals surface area contributed by atoms with Gasteiger partial charge in [-0.2, -0.15) is 0 Å². The van der Waals surface area contributed by atoms with Gasteiger partial charge in [-0.05, 0) is 0 Å². The van der Waals surface area contributed by atoms with Gasteiger partial charge >= 0.3 is 196 Å². The summed E-state index contributed by atoms with van der Waals surface area (Å²) in [6.45, 7) is 2.83. The Labute approximate surface area is 195 Å². The van der Waals surface area contributed by atoms with E-state index in [1.165, 1.54) is 0 Å². The van der Waals surface area contributed by atoms with Crippen LogP contribution < -0.4 is 31.8 Å². The van der Waals surface area contributed by atoms with E-state index in [0.717, 1.165) is 27.8 Å². The first kappa shape index (κ1) is 22.9. The second kappa shape index (κ2) is 9.32. The van der Waals surface area contributed by atoms with Crippen LogP contribution in [0.25, 0.3) is 0 Å². The third-order valence-corrected chi connectivity index (χ3v) is 15.1. The van der Waals surface area contributed by atoms with Gasteiger partial charge in [-0.1, -0.05) is 0 Å². The second-order valence-corrected chi connectivity index (χ2v) is 16.1. The topological polar surface area (TPSA) is 50.4 Å². The predicted molar refractivity (Wildman–Crippen MR) is 144 cm³/mol. The summed E-state index contributed by atoms with van der Waals surface area (Å²) in [4.78, 5) is 0. The van der Waals surface area contributed by atoms with Crippen molar-refractivity contribution in [1.29, 1.82) is 0 Å². The van der Waals surface area contributed by atoms with Gasteiger partial charge in [-0.3, -0.25) is 0 Å². The molecule has 4 aromatic rings. The summed E-state index contributed by atoms with van der Waals surface area (Å²) in [5.41, 5.74) is 7.39. The third-order valence-electron chi connectivity index (χ3n) is 5.45. The zero-order chi connectivity index (χ0) is 22.5. The Bertz CT molecular complexity index is 1130. The minimum absolute atomic E-state index is 0.730. The third kappa shape index (κ3) is 4.20. The Morgan fingerprint density at radius 2 is 1.03 bits per heavy atom. The fraction of sp³-hybridized carbons (Fsp3) is 0.0769. The van der Waals surface area contributed by atoms with Crippen LogP contribution in [0.3, 0.4) is 0 Å². The molecule has 0 bridgehead atoms. The first-order valence-corrected chi connectivity index (χ1v) is 15.6. The number of hydrogen-bond acceptors (Lipinski definition) is 2. The molecule has 0 aromatic heterocycles. The molecule has 32 heavy (non-hydrogen) atoms. The zero-order valence-electron chi connectivity index (χ0n) is 18.1. The summed E-state index contributed by atoms with van der Waals surface area (Å²) in [5.74, 6) is 0. The molecule has 0 radical (unpaired) electrons. The Morgan fingerprint density at radius 1 is 0.688 bits per heavy atom. The van der Waals surface area contributed by atoms with E-state index >= 15 is 0 Å². The Morgan fingerprint density at radius 3 is 1.38 bits per heavy atom. The second-order valence-electron chi connectivity index (χ2n) is 7.61. The molecule has 4 rings (SSSR count). The Kier molecular flexibility index (Phi) is 6.67. The van der Waals surface area contributed by atoms with Crippen molar-refractivity contribution in [1.82, 2.24) is 5.09 Å². The van der Waals surface area contributed by atoms with Crippen molar-refractivity contribution in [2.75, 3.05) is 6.54 Å². The average molecular weight is 480 g/mol. The maximum absolute atomic E-state index is 7.69. The van der Waals surface area contributed by atoms with Crippen LogP contribution in [0.4, 0.5) is 0 Å². The number of rotatable bonds is 7.